The molecule has 2 amide bonds. The van der Waals surface area contributed by atoms with E-state index in [4.69, 9.17) is 4.74 Å². The molecule has 3 aromatic rings. The summed E-state index contributed by atoms with van der Waals surface area (Å²) in [5.41, 5.74) is 1.98. The molecule has 6 heteroatoms. The Kier molecular flexibility index (Phi) is 6.55. The van der Waals surface area contributed by atoms with Gasteiger partial charge in [0.25, 0.3) is 0 Å². The Hall–Kier alpha value is -3.28. The van der Waals surface area contributed by atoms with Crippen LogP contribution in [0, 0.1) is 5.92 Å². The highest BCUT2D eigenvalue weighted by molar-refractivity contribution is 5.88. The van der Waals surface area contributed by atoms with Crippen molar-refractivity contribution in [2.45, 2.75) is 51.1 Å². The zero-order chi connectivity index (χ0) is 21.6. The number of amides is 2. The maximum Gasteiger partial charge on any atom is 0.413 e. The molecule has 1 saturated carbocycles. The molecule has 162 valence electrons. The van der Waals surface area contributed by atoms with Crippen LogP contribution in [-0.4, -0.2) is 29.1 Å². The number of fused-ring (bicyclic) bond motifs is 1. The molecule has 4 rings (SSSR count). The topological polar surface area (TPSA) is 83.2 Å². The highest BCUT2D eigenvalue weighted by Crippen LogP contribution is 2.24. The third-order valence-electron chi connectivity index (χ3n) is 6.10. The minimum atomic E-state index is -0.732. The largest absolute Gasteiger partial charge is 0.413 e. The van der Waals surface area contributed by atoms with Crippen LogP contribution in [0.4, 0.5) is 4.79 Å². The minimum Gasteiger partial charge on any atom is -0.410 e. The highest BCUT2D eigenvalue weighted by atomic mass is 16.6. The molecule has 0 saturated heterocycles. The number of benzene rings is 2. The number of hydrogen-bond acceptors (Lipinski definition) is 3. The van der Waals surface area contributed by atoms with E-state index in [2.05, 4.69) is 22.5 Å². The first kappa shape index (κ1) is 21.0. The number of para-hydroxylation sites is 2. The molecule has 0 unspecified atom stereocenters. The lowest BCUT2D eigenvalue weighted by Gasteiger charge is -2.31. The summed E-state index contributed by atoms with van der Waals surface area (Å²) in [7, 11) is 0. The number of rotatable bonds is 6. The number of aromatic amines is 1. The summed E-state index contributed by atoms with van der Waals surface area (Å²) in [6.45, 7) is 2.18. The third kappa shape index (κ3) is 5.26. The smallest absolute Gasteiger partial charge is 0.410 e. The molecule has 1 fully saturated rings. The molecule has 0 spiro atoms. The van der Waals surface area contributed by atoms with Crippen LogP contribution >= 0.6 is 0 Å². The SMILES string of the molecule is C[C@H]1CCCC[C@@H]1NC(=O)[C@H](Cc1c[nH]c2ccccc12)NC(=O)Oc1ccccc1. The molecule has 1 aromatic heterocycles. The van der Waals surface area contributed by atoms with Crippen LogP contribution in [0.15, 0.2) is 60.8 Å². The zero-order valence-electron chi connectivity index (χ0n) is 17.8. The molecule has 0 bridgehead atoms. The summed E-state index contributed by atoms with van der Waals surface area (Å²) in [5, 5.41) is 7.01. The molecule has 1 aliphatic carbocycles. The van der Waals surface area contributed by atoms with Crippen molar-refractivity contribution in [1.82, 2.24) is 15.6 Å². The monoisotopic (exact) mass is 419 g/mol. The van der Waals surface area contributed by atoms with E-state index in [1.165, 1.54) is 6.42 Å². The molecule has 2 aromatic carbocycles. The number of hydrogen-bond donors (Lipinski definition) is 3. The van der Waals surface area contributed by atoms with Crippen LogP contribution in [0.25, 0.3) is 10.9 Å². The summed E-state index contributed by atoms with van der Waals surface area (Å²) < 4.78 is 5.37. The fraction of sp³-hybridized carbons (Fsp3) is 0.360. The maximum atomic E-state index is 13.2. The van der Waals surface area contributed by atoms with Crippen LogP contribution < -0.4 is 15.4 Å². The lowest BCUT2D eigenvalue weighted by molar-refractivity contribution is -0.124. The van der Waals surface area contributed by atoms with Gasteiger partial charge in [-0.25, -0.2) is 4.79 Å². The highest BCUT2D eigenvalue weighted by Gasteiger charge is 2.28. The van der Waals surface area contributed by atoms with Gasteiger partial charge in [0.2, 0.25) is 5.91 Å². The minimum absolute atomic E-state index is 0.138. The molecular weight excluding hydrogens is 390 g/mol. The average molecular weight is 420 g/mol. The molecule has 31 heavy (non-hydrogen) atoms. The standard InChI is InChI=1S/C25H29N3O3/c1-17-9-5-7-13-21(17)27-24(29)23(28-25(30)31-19-10-3-2-4-11-19)15-18-16-26-22-14-8-6-12-20(18)22/h2-4,6,8,10-12,14,16-17,21,23,26H,5,7,9,13,15H2,1H3,(H,27,29)(H,28,30)/t17-,21-,23-/m0/s1. The van der Waals surface area contributed by atoms with Gasteiger partial charge in [0.05, 0.1) is 0 Å². The average Bonchev–Trinajstić information content (AvgIpc) is 3.18. The van der Waals surface area contributed by atoms with E-state index in [1.807, 2.05) is 36.5 Å². The van der Waals surface area contributed by atoms with Crippen LogP contribution in [-0.2, 0) is 11.2 Å². The van der Waals surface area contributed by atoms with Gasteiger partial charge in [-0.2, -0.15) is 0 Å². The second-order valence-electron chi connectivity index (χ2n) is 8.34. The fourth-order valence-corrected chi connectivity index (χ4v) is 4.31. The molecule has 6 nitrogen and oxygen atoms in total. The van der Waals surface area contributed by atoms with E-state index < -0.39 is 12.1 Å². The summed E-state index contributed by atoms with van der Waals surface area (Å²) in [4.78, 5) is 29.0. The molecule has 1 aliphatic rings. The Morgan fingerprint density at radius 2 is 1.81 bits per heavy atom. The van der Waals surface area contributed by atoms with Gasteiger partial charge in [-0.1, -0.05) is 56.2 Å². The zero-order valence-corrected chi connectivity index (χ0v) is 17.8. The summed E-state index contributed by atoms with van der Waals surface area (Å²) in [5.74, 6) is 0.698. The number of aromatic nitrogens is 1. The van der Waals surface area contributed by atoms with Crippen LogP contribution in [0.5, 0.6) is 5.75 Å². The van der Waals surface area contributed by atoms with Crippen LogP contribution in [0.1, 0.15) is 38.2 Å². The first-order valence-electron chi connectivity index (χ1n) is 11.0. The first-order chi connectivity index (χ1) is 15.1. The van der Waals surface area contributed by atoms with Gasteiger partial charge in [0, 0.05) is 29.6 Å². The van der Waals surface area contributed by atoms with Crippen molar-refractivity contribution in [2.75, 3.05) is 0 Å². The van der Waals surface area contributed by atoms with Crippen LogP contribution in [0.2, 0.25) is 0 Å². The molecule has 1 heterocycles. The van der Waals surface area contributed by atoms with Gasteiger partial charge in [-0.3, -0.25) is 4.79 Å². The molecule has 0 aliphatic heterocycles. The van der Waals surface area contributed by atoms with Crippen molar-refractivity contribution < 1.29 is 14.3 Å². The first-order valence-corrected chi connectivity index (χ1v) is 11.0. The van der Waals surface area contributed by atoms with Crippen molar-refractivity contribution in [2.24, 2.45) is 5.92 Å². The Balaban J connectivity index is 1.50. The van der Waals surface area contributed by atoms with E-state index in [9.17, 15) is 9.59 Å². The maximum absolute atomic E-state index is 13.2. The third-order valence-corrected chi connectivity index (χ3v) is 6.10. The van der Waals surface area contributed by atoms with Crippen molar-refractivity contribution in [3.8, 4) is 5.75 Å². The van der Waals surface area contributed by atoms with E-state index in [0.29, 0.717) is 18.1 Å². The Morgan fingerprint density at radius 1 is 1.06 bits per heavy atom. The molecule has 0 radical (unpaired) electrons. The number of nitrogens with one attached hydrogen (secondary N) is 3. The Morgan fingerprint density at radius 3 is 2.61 bits per heavy atom. The number of carbonyl (C=O) groups is 2. The van der Waals surface area contributed by atoms with Gasteiger partial charge in [0.1, 0.15) is 11.8 Å². The van der Waals surface area contributed by atoms with Gasteiger partial charge in [-0.15, -0.1) is 0 Å². The summed E-state index contributed by atoms with van der Waals surface area (Å²) in [6, 6.07) is 16.2. The van der Waals surface area contributed by atoms with Gasteiger partial charge < -0.3 is 20.4 Å². The quantitative estimate of drug-likeness (QED) is 0.548. The number of carbonyl (C=O) groups excluding carboxylic acids is 2. The van der Waals surface area contributed by atoms with E-state index in [0.717, 1.165) is 35.7 Å². The van der Waals surface area contributed by atoms with Crippen LogP contribution in [0.3, 0.4) is 0 Å². The van der Waals surface area contributed by atoms with Crippen molar-refractivity contribution >= 4 is 22.9 Å². The Bertz CT molecular complexity index is 1030. The normalized spacial score (nSPS) is 19.5. The van der Waals surface area contributed by atoms with Crippen molar-refractivity contribution in [1.29, 1.82) is 0 Å². The van der Waals surface area contributed by atoms with Gasteiger partial charge in [0.15, 0.2) is 0 Å². The van der Waals surface area contributed by atoms with Gasteiger partial charge in [-0.05, 0) is 42.5 Å². The number of H-pyrrole nitrogens is 1. The lowest BCUT2D eigenvalue weighted by atomic mass is 9.85. The van der Waals surface area contributed by atoms with E-state index in [1.54, 1.807) is 24.3 Å². The summed E-state index contributed by atoms with van der Waals surface area (Å²) >= 11 is 0. The molecule has 3 atom stereocenters. The number of ether oxygens (including phenoxy) is 1. The predicted octanol–water partition coefficient (Wildman–Crippen LogP) is 4.56. The fourth-order valence-electron chi connectivity index (χ4n) is 4.31. The molecular formula is C25H29N3O3. The second-order valence-corrected chi connectivity index (χ2v) is 8.34. The van der Waals surface area contributed by atoms with Crippen molar-refractivity contribution in [3.63, 3.8) is 0 Å². The van der Waals surface area contributed by atoms with Gasteiger partial charge >= 0.3 is 6.09 Å². The van der Waals surface area contributed by atoms with E-state index >= 15 is 0 Å². The van der Waals surface area contributed by atoms with Crippen molar-refractivity contribution in [3.05, 3.63) is 66.4 Å². The Labute approximate surface area is 182 Å². The lowest BCUT2D eigenvalue weighted by Crippen LogP contribution is -2.53. The van der Waals surface area contributed by atoms with E-state index in [-0.39, 0.29) is 11.9 Å². The summed E-state index contributed by atoms with van der Waals surface area (Å²) in [6.07, 6.45) is 6.05. The second kappa shape index (κ2) is 9.69. The molecule has 3 N–H and O–H groups in total. The predicted molar refractivity (Wildman–Crippen MR) is 121 cm³/mol.